The third kappa shape index (κ3) is 4.35. The summed E-state index contributed by atoms with van der Waals surface area (Å²) in [5, 5.41) is 7.69. The first kappa shape index (κ1) is 14.5. The quantitative estimate of drug-likeness (QED) is 0.750. The van der Waals surface area contributed by atoms with Gasteiger partial charge in [-0.15, -0.1) is 5.10 Å². The maximum atomic E-state index is 5.62. The van der Waals surface area contributed by atoms with Crippen molar-refractivity contribution in [2.45, 2.75) is 20.3 Å². The lowest BCUT2D eigenvalue weighted by Gasteiger charge is -2.11. The Kier molecular flexibility index (Phi) is 5.55. The summed E-state index contributed by atoms with van der Waals surface area (Å²) in [5.41, 5.74) is 0.979. The molecule has 5 heteroatoms. The number of hydrogen-bond donors (Lipinski definition) is 1. The highest BCUT2D eigenvalue weighted by Crippen LogP contribution is 2.09. The molecule has 1 unspecified atom stereocenters. The molecule has 0 saturated heterocycles. The summed E-state index contributed by atoms with van der Waals surface area (Å²) in [7, 11) is 0. The Bertz CT molecular complexity index is 498. The molecule has 0 fully saturated rings. The Balaban J connectivity index is 1.81. The number of para-hydroxylation sites is 1. The molecule has 0 aliphatic heterocycles. The van der Waals surface area contributed by atoms with Gasteiger partial charge in [-0.2, -0.15) is 4.98 Å². The van der Waals surface area contributed by atoms with Crippen molar-refractivity contribution in [1.29, 1.82) is 0 Å². The molecular formula is C15H22N4O. The lowest BCUT2D eigenvalue weighted by atomic mass is 10.2. The first-order valence-electron chi connectivity index (χ1n) is 7.10. The van der Waals surface area contributed by atoms with E-state index >= 15 is 0 Å². The maximum Gasteiger partial charge on any atom is 0.335 e. The van der Waals surface area contributed by atoms with E-state index in [4.69, 9.17) is 4.74 Å². The molecule has 0 saturated carbocycles. The zero-order chi connectivity index (χ0) is 14.2. The van der Waals surface area contributed by atoms with E-state index in [0.717, 1.165) is 25.2 Å². The van der Waals surface area contributed by atoms with E-state index in [1.54, 1.807) is 11.0 Å². The van der Waals surface area contributed by atoms with Gasteiger partial charge in [0.15, 0.2) is 0 Å². The van der Waals surface area contributed by atoms with Gasteiger partial charge in [0.25, 0.3) is 0 Å². The average molecular weight is 274 g/mol. The van der Waals surface area contributed by atoms with Crippen molar-refractivity contribution in [3.05, 3.63) is 36.7 Å². The smallest absolute Gasteiger partial charge is 0.335 e. The normalized spacial score (nSPS) is 12.3. The van der Waals surface area contributed by atoms with Crippen molar-refractivity contribution in [3.63, 3.8) is 0 Å². The van der Waals surface area contributed by atoms with Crippen LogP contribution in [0, 0.1) is 5.92 Å². The molecule has 1 N–H and O–H groups in total. The first-order chi connectivity index (χ1) is 9.79. The second-order valence-corrected chi connectivity index (χ2v) is 4.93. The fourth-order valence-electron chi connectivity index (χ4n) is 1.82. The summed E-state index contributed by atoms with van der Waals surface area (Å²) in [6.07, 6.45) is 2.82. The Morgan fingerprint density at radius 2 is 2.10 bits per heavy atom. The SMILES string of the molecule is CCCNCC(C)COc1ncn(-c2ccccc2)n1. The van der Waals surface area contributed by atoms with Gasteiger partial charge in [-0.25, -0.2) is 4.68 Å². The second-order valence-electron chi connectivity index (χ2n) is 4.93. The Morgan fingerprint density at radius 3 is 2.85 bits per heavy atom. The summed E-state index contributed by atoms with van der Waals surface area (Å²) in [6.45, 7) is 6.93. The van der Waals surface area contributed by atoms with Crippen LogP contribution >= 0.6 is 0 Å². The fraction of sp³-hybridized carbons (Fsp3) is 0.467. The van der Waals surface area contributed by atoms with Crippen molar-refractivity contribution >= 4 is 0 Å². The molecule has 0 amide bonds. The average Bonchev–Trinajstić information content (AvgIpc) is 2.95. The van der Waals surface area contributed by atoms with Crippen LogP contribution in [0.4, 0.5) is 0 Å². The monoisotopic (exact) mass is 274 g/mol. The summed E-state index contributed by atoms with van der Waals surface area (Å²) in [4.78, 5) is 4.17. The highest BCUT2D eigenvalue weighted by molar-refractivity contribution is 5.29. The van der Waals surface area contributed by atoms with Gasteiger partial charge in [0, 0.05) is 12.5 Å². The van der Waals surface area contributed by atoms with E-state index in [1.165, 1.54) is 0 Å². The van der Waals surface area contributed by atoms with Crippen LogP contribution in [0.5, 0.6) is 6.01 Å². The molecule has 5 nitrogen and oxygen atoms in total. The van der Waals surface area contributed by atoms with Gasteiger partial charge in [-0.1, -0.05) is 32.0 Å². The summed E-state index contributed by atoms with van der Waals surface area (Å²) in [5.74, 6) is 0.435. The van der Waals surface area contributed by atoms with Crippen molar-refractivity contribution in [2.24, 2.45) is 5.92 Å². The van der Waals surface area contributed by atoms with Crippen LogP contribution in [0.1, 0.15) is 20.3 Å². The predicted molar refractivity (Wildman–Crippen MR) is 79.2 cm³/mol. The van der Waals surface area contributed by atoms with Crippen molar-refractivity contribution < 1.29 is 4.74 Å². The minimum atomic E-state index is 0.427. The summed E-state index contributed by atoms with van der Waals surface area (Å²) in [6, 6.07) is 10.3. The van der Waals surface area contributed by atoms with Gasteiger partial charge in [0.2, 0.25) is 0 Å². The summed E-state index contributed by atoms with van der Waals surface area (Å²) >= 11 is 0. The van der Waals surface area contributed by atoms with E-state index < -0.39 is 0 Å². The van der Waals surface area contributed by atoms with Crippen LogP contribution in [0.15, 0.2) is 36.7 Å². The third-order valence-electron chi connectivity index (χ3n) is 2.91. The number of nitrogens with zero attached hydrogens (tertiary/aromatic N) is 3. The standard InChI is InChI=1S/C15H22N4O/c1-3-9-16-10-13(2)11-20-15-17-12-19(18-15)14-7-5-4-6-8-14/h4-8,12-13,16H,3,9-11H2,1-2H3. The maximum absolute atomic E-state index is 5.62. The van der Waals surface area contributed by atoms with Crippen LogP contribution in [0.25, 0.3) is 5.69 Å². The van der Waals surface area contributed by atoms with E-state index in [0.29, 0.717) is 18.5 Å². The number of hydrogen-bond acceptors (Lipinski definition) is 4. The van der Waals surface area contributed by atoms with Crippen molar-refractivity contribution in [1.82, 2.24) is 20.1 Å². The van der Waals surface area contributed by atoms with Crippen LogP contribution in [-0.2, 0) is 0 Å². The van der Waals surface area contributed by atoms with Crippen molar-refractivity contribution in [2.75, 3.05) is 19.7 Å². The highest BCUT2D eigenvalue weighted by atomic mass is 16.5. The van der Waals surface area contributed by atoms with Crippen molar-refractivity contribution in [3.8, 4) is 11.7 Å². The molecule has 1 atom stereocenters. The number of aromatic nitrogens is 3. The molecule has 1 heterocycles. The molecule has 0 spiro atoms. The van der Waals surface area contributed by atoms with Gasteiger partial charge in [-0.3, -0.25) is 0 Å². The Labute approximate surface area is 120 Å². The van der Waals surface area contributed by atoms with Gasteiger partial charge < -0.3 is 10.1 Å². The molecule has 2 aromatic rings. The van der Waals surface area contributed by atoms with Crippen LogP contribution < -0.4 is 10.1 Å². The molecule has 20 heavy (non-hydrogen) atoms. The van der Waals surface area contributed by atoms with Crippen LogP contribution in [0.2, 0.25) is 0 Å². The predicted octanol–water partition coefficient (Wildman–Crippen LogP) is 2.28. The minimum Gasteiger partial charge on any atom is -0.462 e. The molecule has 1 aromatic heterocycles. The second kappa shape index (κ2) is 7.65. The molecule has 108 valence electrons. The van der Waals surface area contributed by atoms with Gasteiger partial charge >= 0.3 is 6.01 Å². The van der Waals surface area contributed by atoms with Crippen LogP contribution in [-0.4, -0.2) is 34.5 Å². The van der Waals surface area contributed by atoms with Gasteiger partial charge in [0.05, 0.1) is 12.3 Å². The lowest BCUT2D eigenvalue weighted by molar-refractivity contribution is 0.238. The zero-order valence-corrected chi connectivity index (χ0v) is 12.1. The van der Waals surface area contributed by atoms with E-state index in [2.05, 4.69) is 29.2 Å². The summed E-state index contributed by atoms with van der Waals surface area (Å²) < 4.78 is 7.34. The first-order valence-corrected chi connectivity index (χ1v) is 7.10. The molecule has 0 bridgehead atoms. The molecule has 0 radical (unpaired) electrons. The third-order valence-corrected chi connectivity index (χ3v) is 2.91. The van der Waals surface area contributed by atoms with E-state index in [-0.39, 0.29) is 0 Å². The Hall–Kier alpha value is -1.88. The lowest BCUT2D eigenvalue weighted by Crippen LogP contribution is -2.25. The largest absolute Gasteiger partial charge is 0.462 e. The van der Waals surface area contributed by atoms with Gasteiger partial charge in [0.1, 0.15) is 6.33 Å². The van der Waals surface area contributed by atoms with Crippen LogP contribution in [0.3, 0.4) is 0 Å². The minimum absolute atomic E-state index is 0.427. The number of nitrogens with one attached hydrogen (secondary N) is 1. The Morgan fingerprint density at radius 1 is 1.30 bits per heavy atom. The highest BCUT2D eigenvalue weighted by Gasteiger charge is 2.07. The topological polar surface area (TPSA) is 52.0 Å². The van der Waals surface area contributed by atoms with Gasteiger partial charge in [-0.05, 0) is 25.1 Å². The molecular weight excluding hydrogens is 252 g/mol. The molecule has 1 aromatic carbocycles. The zero-order valence-electron chi connectivity index (χ0n) is 12.1. The molecule has 0 aliphatic rings. The fourth-order valence-corrected chi connectivity index (χ4v) is 1.82. The molecule has 2 rings (SSSR count). The van der Waals surface area contributed by atoms with E-state index in [9.17, 15) is 0 Å². The number of benzene rings is 1. The number of rotatable bonds is 8. The van der Waals surface area contributed by atoms with E-state index in [1.807, 2.05) is 30.3 Å². The molecule has 0 aliphatic carbocycles. The number of ether oxygens (including phenoxy) is 1.